The molecule has 2 aromatic rings. The van der Waals surface area contributed by atoms with E-state index in [4.69, 9.17) is 4.74 Å². The van der Waals surface area contributed by atoms with Crippen molar-refractivity contribution in [1.29, 1.82) is 0 Å². The Balaban J connectivity index is 1.98. The van der Waals surface area contributed by atoms with E-state index in [0.717, 1.165) is 0 Å². The molecule has 26 heavy (non-hydrogen) atoms. The van der Waals surface area contributed by atoms with Crippen molar-refractivity contribution in [3.8, 4) is 11.5 Å². The van der Waals surface area contributed by atoms with Crippen LogP contribution in [0.4, 0.5) is 14.5 Å². The van der Waals surface area contributed by atoms with Gasteiger partial charge in [0.1, 0.15) is 11.5 Å². The zero-order valence-electron chi connectivity index (χ0n) is 14.0. The molecule has 0 aliphatic carbocycles. The highest BCUT2D eigenvalue weighted by Crippen LogP contribution is 2.22. The summed E-state index contributed by atoms with van der Waals surface area (Å²) in [5, 5.41) is 5.19. The number of anilines is 1. The van der Waals surface area contributed by atoms with Crippen LogP contribution < -0.4 is 20.1 Å². The van der Waals surface area contributed by atoms with Gasteiger partial charge < -0.3 is 20.1 Å². The summed E-state index contributed by atoms with van der Waals surface area (Å²) in [6, 6.07) is 12.0. The van der Waals surface area contributed by atoms with Gasteiger partial charge >= 0.3 is 6.61 Å². The van der Waals surface area contributed by atoms with Crippen LogP contribution in [0.1, 0.15) is 17.3 Å². The maximum absolute atomic E-state index is 12.4. The van der Waals surface area contributed by atoms with E-state index in [2.05, 4.69) is 15.4 Å². The van der Waals surface area contributed by atoms with Gasteiger partial charge in [-0.25, -0.2) is 0 Å². The Hall–Kier alpha value is -3.16. The van der Waals surface area contributed by atoms with Gasteiger partial charge in [-0.2, -0.15) is 8.78 Å². The van der Waals surface area contributed by atoms with Gasteiger partial charge in [0.25, 0.3) is 11.8 Å². The second-order valence-corrected chi connectivity index (χ2v) is 5.10. The molecule has 0 atom stereocenters. The van der Waals surface area contributed by atoms with Crippen LogP contribution in [0, 0.1) is 0 Å². The number of halogens is 2. The summed E-state index contributed by atoms with van der Waals surface area (Å²) in [6.45, 7) is -0.813. The van der Waals surface area contributed by atoms with Crippen LogP contribution in [-0.2, 0) is 4.79 Å². The smallest absolute Gasteiger partial charge is 0.387 e. The minimum absolute atomic E-state index is 0.00985. The number of hydrogen-bond donors (Lipinski definition) is 2. The number of nitrogens with one attached hydrogen (secondary N) is 2. The van der Waals surface area contributed by atoms with E-state index in [9.17, 15) is 18.4 Å². The minimum atomic E-state index is -3.02. The monoisotopic (exact) mass is 364 g/mol. The van der Waals surface area contributed by atoms with Crippen LogP contribution >= 0.6 is 0 Å². The molecule has 138 valence electrons. The molecular formula is C18H18F2N2O4. The van der Waals surface area contributed by atoms with Crippen molar-refractivity contribution >= 4 is 17.5 Å². The van der Waals surface area contributed by atoms with Crippen molar-refractivity contribution < 1.29 is 27.8 Å². The number of hydrogen-bond acceptors (Lipinski definition) is 4. The number of rotatable bonds is 8. The number of ether oxygens (including phenoxy) is 2. The first-order valence-corrected chi connectivity index (χ1v) is 7.84. The maximum Gasteiger partial charge on any atom is 0.387 e. The first kappa shape index (κ1) is 19.2. The number of para-hydroxylation sites is 1. The minimum Gasteiger partial charge on any atom is -0.484 e. The molecule has 2 amide bonds. The van der Waals surface area contributed by atoms with E-state index >= 15 is 0 Å². The average Bonchev–Trinajstić information content (AvgIpc) is 2.61. The van der Waals surface area contributed by atoms with Gasteiger partial charge in [-0.1, -0.05) is 12.1 Å². The SMILES string of the molecule is CCNC(=O)COc1ccc(NC(=O)c2ccccc2OC(F)F)cc1. The number of benzene rings is 2. The lowest BCUT2D eigenvalue weighted by atomic mass is 10.2. The molecule has 2 N–H and O–H groups in total. The van der Waals surface area contributed by atoms with E-state index in [1.54, 1.807) is 37.3 Å². The Morgan fingerprint density at radius 2 is 1.77 bits per heavy atom. The molecule has 0 aromatic heterocycles. The molecule has 0 spiro atoms. The molecule has 2 aromatic carbocycles. The molecule has 0 saturated heterocycles. The lowest BCUT2D eigenvalue weighted by Gasteiger charge is -2.11. The normalized spacial score (nSPS) is 10.3. The standard InChI is InChI=1S/C18H18F2N2O4/c1-2-21-16(23)11-25-13-9-7-12(8-10-13)22-17(24)14-5-3-4-6-15(14)26-18(19)20/h3-10,18H,2,11H2,1H3,(H,21,23)(H,22,24). The zero-order chi connectivity index (χ0) is 18.9. The van der Waals surface area contributed by atoms with Gasteiger partial charge in [-0.15, -0.1) is 0 Å². The van der Waals surface area contributed by atoms with Crippen LogP contribution in [0.25, 0.3) is 0 Å². The number of amides is 2. The second-order valence-electron chi connectivity index (χ2n) is 5.10. The molecule has 0 bridgehead atoms. The van der Waals surface area contributed by atoms with Gasteiger partial charge in [0.15, 0.2) is 6.61 Å². The second kappa shape index (κ2) is 9.36. The molecule has 2 rings (SSSR count). The predicted molar refractivity (Wildman–Crippen MR) is 91.6 cm³/mol. The quantitative estimate of drug-likeness (QED) is 0.755. The Bertz CT molecular complexity index is 751. The molecule has 0 radical (unpaired) electrons. The molecule has 0 saturated carbocycles. The largest absolute Gasteiger partial charge is 0.484 e. The summed E-state index contributed by atoms with van der Waals surface area (Å²) in [5.41, 5.74) is 0.427. The Kier molecular flexibility index (Phi) is 6.90. The average molecular weight is 364 g/mol. The molecule has 0 aliphatic heterocycles. The molecule has 0 unspecified atom stereocenters. The fourth-order valence-electron chi connectivity index (χ4n) is 2.08. The third-order valence-corrected chi connectivity index (χ3v) is 3.20. The Morgan fingerprint density at radius 1 is 1.08 bits per heavy atom. The lowest BCUT2D eigenvalue weighted by molar-refractivity contribution is -0.122. The van der Waals surface area contributed by atoms with Crippen LogP contribution in [-0.4, -0.2) is 31.6 Å². The van der Waals surface area contributed by atoms with Crippen molar-refractivity contribution in [1.82, 2.24) is 5.32 Å². The van der Waals surface area contributed by atoms with Crippen LogP contribution in [0.2, 0.25) is 0 Å². The van der Waals surface area contributed by atoms with Crippen molar-refractivity contribution in [3.05, 3.63) is 54.1 Å². The Morgan fingerprint density at radius 3 is 2.42 bits per heavy atom. The highest BCUT2D eigenvalue weighted by molar-refractivity contribution is 6.06. The third kappa shape index (κ3) is 5.73. The highest BCUT2D eigenvalue weighted by atomic mass is 19.3. The maximum atomic E-state index is 12.4. The first-order chi connectivity index (χ1) is 12.5. The molecular weight excluding hydrogens is 346 g/mol. The molecule has 0 heterocycles. The predicted octanol–water partition coefficient (Wildman–Crippen LogP) is 3.06. The number of carbonyl (C=O) groups is 2. The third-order valence-electron chi connectivity index (χ3n) is 3.20. The molecule has 6 nitrogen and oxygen atoms in total. The van der Waals surface area contributed by atoms with Gasteiger partial charge in [0.05, 0.1) is 5.56 Å². The molecule has 0 aliphatic rings. The highest BCUT2D eigenvalue weighted by Gasteiger charge is 2.15. The fourth-order valence-corrected chi connectivity index (χ4v) is 2.08. The van der Waals surface area contributed by atoms with Crippen LogP contribution in [0.5, 0.6) is 11.5 Å². The number of alkyl halides is 2. The summed E-state index contributed by atoms with van der Waals surface area (Å²) in [5.74, 6) is -0.574. The summed E-state index contributed by atoms with van der Waals surface area (Å²) < 4.78 is 34.5. The zero-order valence-corrected chi connectivity index (χ0v) is 14.0. The molecule has 8 heteroatoms. The topological polar surface area (TPSA) is 76.7 Å². The van der Waals surface area contributed by atoms with E-state index in [1.807, 2.05) is 0 Å². The summed E-state index contributed by atoms with van der Waals surface area (Å²) in [7, 11) is 0. The lowest BCUT2D eigenvalue weighted by Crippen LogP contribution is -2.28. The fraction of sp³-hybridized carbons (Fsp3) is 0.222. The van der Waals surface area contributed by atoms with Crippen LogP contribution in [0.3, 0.4) is 0 Å². The first-order valence-electron chi connectivity index (χ1n) is 7.84. The number of carbonyl (C=O) groups excluding carboxylic acids is 2. The van der Waals surface area contributed by atoms with Gasteiger partial charge in [0, 0.05) is 12.2 Å². The summed E-state index contributed by atoms with van der Waals surface area (Å²) in [6.07, 6.45) is 0. The Labute approximate surface area is 149 Å². The van der Waals surface area contributed by atoms with Crippen molar-refractivity contribution in [2.45, 2.75) is 13.5 Å². The van der Waals surface area contributed by atoms with E-state index in [-0.39, 0.29) is 23.8 Å². The molecule has 0 fully saturated rings. The van der Waals surface area contributed by atoms with Crippen LogP contribution in [0.15, 0.2) is 48.5 Å². The number of likely N-dealkylation sites (N-methyl/N-ethyl adjacent to an activating group) is 1. The van der Waals surface area contributed by atoms with Gasteiger partial charge in [-0.05, 0) is 43.3 Å². The van der Waals surface area contributed by atoms with Gasteiger partial charge in [-0.3, -0.25) is 9.59 Å². The summed E-state index contributed by atoms with van der Waals surface area (Å²) in [4.78, 5) is 23.6. The van der Waals surface area contributed by atoms with E-state index < -0.39 is 12.5 Å². The van der Waals surface area contributed by atoms with Gasteiger partial charge in [0.2, 0.25) is 0 Å². The van der Waals surface area contributed by atoms with E-state index in [0.29, 0.717) is 18.0 Å². The van der Waals surface area contributed by atoms with Crippen molar-refractivity contribution in [3.63, 3.8) is 0 Å². The summed E-state index contributed by atoms with van der Waals surface area (Å²) >= 11 is 0. The van der Waals surface area contributed by atoms with Crippen molar-refractivity contribution in [2.24, 2.45) is 0 Å². The van der Waals surface area contributed by atoms with E-state index in [1.165, 1.54) is 18.2 Å². The van der Waals surface area contributed by atoms with Crippen molar-refractivity contribution in [2.75, 3.05) is 18.5 Å².